The van der Waals surface area contributed by atoms with Crippen LogP contribution in [0, 0.1) is 0 Å². The molecule has 1 heterocycles. The number of halogens is 1. The molecule has 3 rings (SSSR count). The lowest BCUT2D eigenvalue weighted by Gasteiger charge is -2.31. The third-order valence-electron chi connectivity index (χ3n) is 3.88. The molecular weight excluding hydrogens is 366 g/mol. The van der Waals surface area contributed by atoms with Crippen LogP contribution in [-0.4, -0.2) is 34.5 Å². The van der Waals surface area contributed by atoms with Gasteiger partial charge in [0.05, 0.1) is 19.3 Å². The first-order valence-electron chi connectivity index (χ1n) is 7.48. The zero-order chi connectivity index (χ0) is 18.2. The number of anilines is 1. The second-order valence-electron chi connectivity index (χ2n) is 5.46. The van der Waals surface area contributed by atoms with Crippen molar-refractivity contribution in [1.82, 2.24) is 0 Å². The fourth-order valence-electron chi connectivity index (χ4n) is 2.63. The van der Waals surface area contributed by atoms with E-state index in [0.717, 1.165) is 0 Å². The molecule has 0 aliphatic carbocycles. The van der Waals surface area contributed by atoms with Crippen molar-refractivity contribution in [3.8, 4) is 11.5 Å². The van der Waals surface area contributed by atoms with Crippen LogP contribution < -0.4 is 13.8 Å². The quantitative estimate of drug-likeness (QED) is 0.761. The highest BCUT2D eigenvalue weighted by Gasteiger charge is 2.33. The van der Waals surface area contributed by atoms with Gasteiger partial charge in [-0.1, -0.05) is 11.6 Å². The van der Waals surface area contributed by atoms with Crippen molar-refractivity contribution in [3.63, 3.8) is 0 Å². The Kier molecular flexibility index (Phi) is 4.62. The minimum Gasteiger partial charge on any atom is -0.495 e. The zero-order valence-electron chi connectivity index (χ0n) is 13.7. The number of hydrogen-bond donors (Lipinski definition) is 0. The summed E-state index contributed by atoms with van der Waals surface area (Å²) in [6, 6.07) is 9.13. The fourth-order valence-corrected chi connectivity index (χ4v) is 4.51. The van der Waals surface area contributed by atoms with E-state index in [4.69, 9.17) is 21.1 Å². The van der Waals surface area contributed by atoms with Crippen molar-refractivity contribution in [2.45, 2.75) is 11.8 Å². The van der Waals surface area contributed by atoms with Crippen LogP contribution in [0.4, 0.5) is 5.69 Å². The largest absolute Gasteiger partial charge is 0.495 e. The Bertz CT molecular complexity index is 942. The second kappa shape index (κ2) is 6.57. The molecule has 132 valence electrons. The molecule has 2 aromatic carbocycles. The van der Waals surface area contributed by atoms with Crippen LogP contribution in [0.25, 0.3) is 0 Å². The van der Waals surface area contributed by atoms with E-state index in [1.165, 1.54) is 36.5 Å². The summed E-state index contributed by atoms with van der Waals surface area (Å²) in [5.74, 6) is 0.437. The van der Waals surface area contributed by atoms with E-state index in [-0.39, 0.29) is 34.6 Å². The molecule has 8 heteroatoms. The van der Waals surface area contributed by atoms with Gasteiger partial charge in [0.1, 0.15) is 23.0 Å². The van der Waals surface area contributed by atoms with Crippen molar-refractivity contribution in [1.29, 1.82) is 0 Å². The molecule has 1 aliphatic rings. The molecule has 0 unspecified atom stereocenters. The minimum absolute atomic E-state index is 0.0384. The number of ketones is 1. The summed E-state index contributed by atoms with van der Waals surface area (Å²) < 4.78 is 38.3. The number of nitrogens with zero attached hydrogens (tertiary/aromatic N) is 1. The first-order valence-corrected chi connectivity index (χ1v) is 9.30. The minimum atomic E-state index is -3.95. The Labute approximate surface area is 151 Å². The van der Waals surface area contributed by atoms with Gasteiger partial charge in [-0.25, -0.2) is 8.42 Å². The Morgan fingerprint density at radius 1 is 1.24 bits per heavy atom. The molecule has 0 radical (unpaired) electrons. The van der Waals surface area contributed by atoms with E-state index >= 15 is 0 Å². The number of rotatable bonds is 4. The lowest BCUT2D eigenvalue weighted by atomic mass is 10.1. The lowest BCUT2D eigenvalue weighted by Crippen LogP contribution is -2.38. The van der Waals surface area contributed by atoms with Gasteiger partial charge >= 0.3 is 0 Å². The zero-order valence-corrected chi connectivity index (χ0v) is 15.2. The Hall–Kier alpha value is -2.25. The third kappa shape index (κ3) is 3.17. The van der Waals surface area contributed by atoms with Crippen LogP contribution in [0.5, 0.6) is 11.5 Å². The number of Topliss-reactive ketones (excluding diaryl/α,β-unsaturated/α-hetero) is 1. The molecule has 0 N–H and O–H groups in total. The van der Waals surface area contributed by atoms with Crippen LogP contribution in [-0.2, 0) is 10.0 Å². The summed E-state index contributed by atoms with van der Waals surface area (Å²) in [4.78, 5) is 11.6. The highest BCUT2D eigenvalue weighted by Crippen LogP contribution is 2.38. The second-order valence-corrected chi connectivity index (χ2v) is 7.73. The maximum atomic E-state index is 13.2. The molecule has 0 aromatic heterocycles. The van der Waals surface area contributed by atoms with Crippen molar-refractivity contribution in [3.05, 3.63) is 47.0 Å². The molecule has 0 amide bonds. The standard InChI is InChI=1S/C17H16ClNO5S/c1-11(20)12-3-5-15-14(9-12)19(7-8-24-15)25(21,22)17-10-13(18)4-6-16(17)23-2/h3-6,9-10H,7-8H2,1-2H3. The van der Waals surface area contributed by atoms with E-state index in [1.54, 1.807) is 18.2 Å². The lowest BCUT2D eigenvalue weighted by molar-refractivity contribution is 0.101. The SMILES string of the molecule is COc1ccc(Cl)cc1S(=O)(=O)N1CCOc2ccc(C(C)=O)cc21. The summed E-state index contributed by atoms with van der Waals surface area (Å²) in [5, 5.41) is 0.283. The fraction of sp³-hybridized carbons (Fsp3) is 0.235. The summed E-state index contributed by atoms with van der Waals surface area (Å²) in [6.07, 6.45) is 0. The first-order chi connectivity index (χ1) is 11.8. The maximum Gasteiger partial charge on any atom is 0.268 e. The Balaban J connectivity index is 2.16. The van der Waals surface area contributed by atoms with E-state index in [2.05, 4.69) is 0 Å². The normalized spacial score (nSPS) is 13.8. The summed E-state index contributed by atoms with van der Waals surface area (Å²) >= 11 is 5.98. The van der Waals surface area contributed by atoms with Crippen LogP contribution in [0.15, 0.2) is 41.3 Å². The average Bonchev–Trinajstić information content (AvgIpc) is 2.60. The molecule has 0 saturated carbocycles. The molecule has 0 atom stereocenters. The molecule has 0 saturated heterocycles. The van der Waals surface area contributed by atoms with Crippen LogP contribution in [0.1, 0.15) is 17.3 Å². The van der Waals surface area contributed by atoms with Gasteiger partial charge in [0, 0.05) is 10.6 Å². The number of carbonyl (C=O) groups is 1. The maximum absolute atomic E-state index is 13.2. The number of benzene rings is 2. The number of carbonyl (C=O) groups excluding carboxylic acids is 1. The predicted octanol–water partition coefficient (Wildman–Crippen LogP) is 3.14. The van der Waals surface area contributed by atoms with Crippen LogP contribution in [0.2, 0.25) is 5.02 Å². The van der Waals surface area contributed by atoms with Crippen molar-refractivity contribution < 1.29 is 22.7 Å². The Morgan fingerprint density at radius 3 is 2.68 bits per heavy atom. The molecule has 0 fully saturated rings. The Morgan fingerprint density at radius 2 is 2.00 bits per heavy atom. The summed E-state index contributed by atoms with van der Waals surface area (Å²) in [5.41, 5.74) is 0.725. The highest BCUT2D eigenvalue weighted by atomic mass is 35.5. The summed E-state index contributed by atoms with van der Waals surface area (Å²) in [6.45, 7) is 1.74. The van der Waals surface area contributed by atoms with E-state index in [1.807, 2.05) is 0 Å². The molecule has 2 aromatic rings. The smallest absolute Gasteiger partial charge is 0.268 e. The van der Waals surface area contributed by atoms with Gasteiger partial charge in [-0.05, 0) is 43.3 Å². The number of sulfonamides is 1. The van der Waals surface area contributed by atoms with Gasteiger partial charge in [-0.2, -0.15) is 0 Å². The number of hydrogen-bond acceptors (Lipinski definition) is 5. The van der Waals surface area contributed by atoms with E-state index < -0.39 is 10.0 Å². The summed E-state index contributed by atoms with van der Waals surface area (Å²) in [7, 11) is -2.56. The predicted molar refractivity (Wildman–Crippen MR) is 94.5 cm³/mol. The number of methoxy groups -OCH3 is 1. The molecule has 25 heavy (non-hydrogen) atoms. The van der Waals surface area contributed by atoms with Crippen LogP contribution in [0.3, 0.4) is 0 Å². The molecule has 1 aliphatic heterocycles. The monoisotopic (exact) mass is 381 g/mol. The van der Waals surface area contributed by atoms with Crippen molar-refractivity contribution in [2.24, 2.45) is 0 Å². The van der Waals surface area contributed by atoms with Crippen molar-refractivity contribution in [2.75, 3.05) is 24.6 Å². The number of ether oxygens (including phenoxy) is 2. The third-order valence-corrected chi connectivity index (χ3v) is 5.95. The van der Waals surface area contributed by atoms with Gasteiger partial charge in [0.15, 0.2) is 5.78 Å². The van der Waals surface area contributed by atoms with Gasteiger partial charge in [-0.15, -0.1) is 0 Å². The van der Waals surface area contributed by atoms with E-state index in [0.29, 0.717) is 17.0 Å². The van der Waals surface area contributed by atoms with Crippen LogP contribution >= 0.6 is 11.6 Å². The molecule has 0 bridgehead atoms. The highest BCUT2D eigenvalue weighted by molar-refractivity contribution is 7.93. The van der Waals surface area contributed by atoms with E-state index in [9.17, 15) is 13.2 Å². The number of fused-ring (bicyclic) bond motifs is 1. The van der Waals surface area contributed by atoms with Gasteiger partial charge in [0.2, 0.25) is 0 Å². The van der Waals surface area contributed by atoms with Gasteiger partial charge in [0.25, 0.3) is 10.0 Å². The molecular formula is C17H16ClNO5S. The van der Waals surface area contributed by atoms with Gasteiger partial charge < -0.3 is 9.47 Å². The van der Waals surface area contributed by atoms with Crippen molar-refractivity contribution >= 4 is 33.1 Å². The average molecular weight is 382 g/mol. The van der Waals surface area contributed by atoms with Gasteiger partial charge in [-0.3, -0.25) is 9.10 Å². The first kappa shape index (κ1) is 17.6. The topological polar surface area (TPSA) is 72.9 Å². The molecule has 6 nitrogen and oxygen atoms in total. The molecule has 0 spiro atoms.